The first-order valence-electron chi connectivity index (χ1n) is 9.37. The van der Waals surface area contributed by atoms with Crippen LogP contribution in [-0.4, -0.2) is 48.9 Å². The van der Waals surface area contributed by atoms with Crippen LogP contribution in [0.1, 0.15) is 28.8 Å². The summed E-state index contributed by atoms with van der Waals surface area (Å²) in [7, 11) is -4.32. The predicted octanol–water partition coefficient (Wildman–Crippen LogP) is 4.23. The summed E-state index contributed by atoms with van der Waals surface area (Å²) >= 11 is 9.24. The lowest BCUT2D eigenvalue weighted by atomic mass is 10.0. The van der Waals surface area contributed by atoms with E-state index in [-0.39, 0.29) is 18.5 Å². The lowest BCUT2D eigenvalue weighted by Gasteiger charge is -2.36. The van der Waals surface area contributed by atoms with Crippen molar-refractivity contribution in [1.29, 1.82) is 0 Å². The molecule has 5 nitrogen and oxygen atoms in total. The van der Waals surface area contributed by atoms with Gasteiger partial charge in [0.1, 0.15) is 0 Å². The monoisotopic (exact) mass is 515 g/mol. The Morgan fingerprint density at radius 2 is 1.87 bits per heavy atom. The van der Waals surface area contributed by atoms with Crippen molar-refractivity contribution in [3.05, 3.63) is 69.2 Å². The molecule has 1 saturated heterocycles. The van der Waals surface area contributed by atoms with Crippen LogP contribution in [0.15, 0.2) is 53.0 Å². The van der Waals surface area contributed by atoms with Crippen LogP contribution in [0.2, 0.25) is 5.02 Å². The molecule has 1 aliphatic rings. The topological polar surface area (TPSA) is 71.5 Å². The average Bonchev–Trinajstić information content (AvgIpc) is 2.72. The highest BCUT2D eigenvalue weighted by Crippen LogP contribution is 2.31. The van der Waals surface area contributed by atoms with Gasteiger partial charge >= 0.3 is 0 Å². The van der Waals surface area contributed by atoms with Crippen LogP contribution in [0.5, 0.6) is 0 Å². The summed E-state index contributed by atoms with van der Waals surface area (Å²) in [5.74, 6) is -2.19. The molecular weight excluding hydrogens is 497 g/mol. The molecular formula is C21H20BrClFNO4S. The van der Waals surface area contributed by atoms with E-state index in [1.54, 1.807) is 6.07 Å². The number of carbonyl (C=O) groups excluding carboxylic acids is 2. The minimum Gasteiger partial charge on any atom is -0.333 e. The highest BCUT2D eigenvalue weighted by Gasteiger charge is 2.54. The Bertz CT molecular complexity index is 1060. The molecule has 1 aliphatic heterocycles. The van der Waals surface area contributed by atoms with Gasteiger partial charge in [-0.25, -0.2) is 12.8 Å². The van der Waals surface area contributed by atoms with Crippen LogP contribution in [0.25, 0.3) is 0 Å². The van der Waals surface area contributed by atoms with Gasteiger partial charge in [0, 0.05) is 23.0 Å². The normalized spacial score (nSPS) is 20.7. The molecule has 30 heavy (non-hydrogen) atoms. The molecule has 0 N–H and O–H groups in total. The molecule has 0 aromatic heterocycles. The minimum absolute atomic E-state index is 0.183. The first kappa shape index (κ1) is 22.9. The molecule has 0 aliphatic carbocycles. The average molecular weight is 517 g/mol. The van der Waals surface area contributed by atoms with Crippen LogP contribution in [0.3, 0.4) is 0 Å². The SMILES string of the molecule is O=C(c1ccc(Br)c(Cl)c1)N1CCS(=O)(=O)C(F)(C(=O)CCCc2ccccc2)C1. The predicted molar refractivity (Wildman–Crippen MR) is 117 cm³/mol. The fourth-order valence-electron chi connectivity index (χ4n) is 3.35. The Balaban J connectivity index is 1.73. The third-order valence-corrected chi connectivity index (χ3v) is 8.39. The standard InChI is InChI=1S/C21H20BrClFNO4S/c22-17-10-9-16(13-18(17)23)20(27)25-11-12-30(28,29)21(24,14-25)19(26)8-4-7-15-5-2-1-3-6-15/h1-3,5-6,9-10,13H,4,7-8,11-12,14H2. The number of benzene rings is 2. The number of carbonyl (C=O) groups is 2. The van der Waals surface area contributed by atoms with Crippen molar-refractivity contribution in [2.75, 3.05) is 18.8 Å². The summed E-state index contributed by atoms with van der Waals surface area (Å²) in [4.78, 5) is 26.4. The van der Waals surface area contributed by atoms with Gasteiger partial charge in [-0.15, -0.1) is 0 Å². The molecule has 1 fully saturated rings. The summed E-state index contributed by atoms with van der Waals surface area (Å²) < 4.78 is 41.0. The van der Waals surface area contributed by atoms with Crippen molar-refractivity contribution in [3.63, 3.8) is 0 Å². The number of hydrogen-bond donors (Lipinski definition) is 0. The number of nitrogens with zero attached hydrogens (tertiary/aromatic N) is 1. The summed E-state index contributed by atoms with van der Waals surface area (Å²) in [6, 6.07) is 13.8. The molecule has 0 bridgehead atoms. The first-order chi connectivity index (χ1) is 14.1. The van der Waals surface area contributed by atoms with E-state index >= 15 is 4.39 Å². The molecule has 1 atom stereocenters. The van der Waals surface area contributed by atoms with Gasteiger partial charge in [-0.2, -0.15) is 0 Å². The van der Waals surface area contributed by atoms with Gasteiger partial charge in [-0.05, 0) is 52.5 Å². The summed E-state index contributed by atoms with van der Waals surface area (Å²) in [6.45, 7) is -0.996. The number of aryl methyl sites for hydroxylation is 1. The van der Waals surface area contributed by atoms with Crippen molar-refractivity contribution in [2.24, 2.45) is 0 Å². The highest BCUT2D eigenvalue weighted by atomic mass is 79.9. The molecule has 0 spiro atoms. The molecule has 0 saturated carbocycles. The minimum atomic E-state index is -4.32. The molecule has 160 valence electrons. The van der Waals surface area contributed by atoms with E-state index in [9.17, 15) is 18.0 Å². The maximum Gasteiger partial charge on any atom is 0.284 e. The zero-order valence-electron chi connectivity index (χ0n) is 16.0. The second-order valence-electron chi connectivity index (χ2n) is 7.17. The maximum atomic E-state index is 15.6. The molecule has 0 radical (unpaired) electrons. The molecule has 9 heteroatoms. The Kier molecular flexibility index (Phi) is 6.99. The van der Waals surface area contributed by atoms with Gasteiger partial charge in [0.15, 0.2) is 15.6 Å². The number of halogens is 3. The number of hydrogen-bond acceptors (Lipinski definition) is 4. The van der Waals surface area contributed by atoms with Crippen molar-refractivity contribution < 1.29 is 22.4 Å². The lowest BCUT2D eigenvalue weighted by molar-refractivity contribution is -0.126. The maximum absolute atomic E-state index is 15.6. The van der Waals surface area contributed by atoms with Crippen molar-refractivity contribution in [2.45, 2.75) is 24.3 Å². The second-order valence-corrected chi connectivity index (χ2v) is 10.7. The zero-order valence-corrected chi connectivity index (χ0v) is 19.1. The fraction of sp³-hybridized carbons (Fsp3) is 0.333. The third-order valence-electron chi connectivity index (χ3n) is 5.10. The molecule has 2 aromatic rings. The number of rotatable bonds is 6. The van der Waals surface area contributed by atoms with Gasteiger partial charge in [0.25, 0.3) is 10.9 Å². The summed E-state index contributed by atoms with van der Waals surface area (Å²) in [5.41, 5.74) is 1.18. The molecule has 3 rings (SSSR count). The van der Waals surface area contributed by atoms with Crippen molar-refractivity contribution >= 4 is 49.1 Å². The smallest absolute Gasteiger partial charge is 0.284 e. The lowest BCUT2D eigenvalue weighted by Crippen LogP contribution is -2.59. The summed E-state index contributed by atoms with van der Waals surface area (Å²) in [5, 5.41) is -2.80. The first-order valence-corrected chi connectivity index (χ1v) is 12.2. The highest BCUT2D eigenvalue weighted by molar-refractivity contribution is 9.10. The zero-order chi connectivity index (χ0) is 21.9. The van der Waals surface area contributed by atoms with E-state index in [4.69, 9.17) is 11.6 Å². The van der Waals surface area contributed by atoms with E-state index in [0.717, 1.165) is 10.5 Å². The largest absolute Gasteiger partial charge is 0.333 e. The molecule has 2 aromatic carbocycles. The molecule has 1 unspecified atom stereocenters. The number of Topliss-reactive ketones (excluding diaryl/α,β-unsaturated/α-hetero) is 1. The fourth-order valence-corrected chi connectivity index (χ4v) is 5.36. The van der Waals surface area contributed by atoms with Crippen molar-refractivity contribution in [3.8, 4) is 0 Å². The Morgan fingerprint density at radius 1 is 1.17 bits per heavy atom. The van der Waals surface area contributed by atoms with Gasteiger partial charge in [-0.1, -0.05) is 41.9 Å². The van der Waals surface area contributed by atoms with Crippen LogP contribution in [0, 0.1) is 0 Å². The number of sulfone groups is 1. The van der Waals surface area contributed by atoms with E-state index in [1.807, 2.05) is 30.3 Å². The Hall–Kier alpha value is -1.77. The van der Waals surface area contributed by atoms with Gasteiger partial charge in [0.05, 0.1) is 17.3 Å². The van der Waals surface area contributed by atoms with Crippen molar-refractivity contribution in [1.82, 2.24) is 4.90 Å². The second kappa shape index (κ2) is 9.16. The number of alkyl halides is 1. The van der Waals surface area contributed by atoms with Crippen LogP contribution in [-0.2, 0) is 21.1 Å². The van der Waals surface area contributed by atoms with E-state index in [1.165, 1.54) is 12.1 Å². The van der Waals surface area contributed by atoms with E-state index in [2.05, 4.69) is 15.9 Å². The third kappa shape index (κ3) is 4.76. The Morgan fingerprint density at radius 3 is 2.53 bits per heavy atom. The Labute approximate surface area is 188 Å². The van der Waals surface area contributed by atoms with Gasteiger partial charge in [0.2, 0.25) is 0 Å². The summed E-state index contributed by atoms with van der Waals surface area (Å²) in [6.07, 6.45) is 0.625. The molecule has 1 amide bonds. The van der Waals surface area contributed by atoms with Gasteiger partial charge < -0.3 is 4.90 Å². The quantitative estimate of drug-likeness (QED) is 0.576. The van der Waals surface area contributed by atoms with Crippen LogP contribution < -0.4 is 0 Å². The van der Waals surface area contributed by atoms with E-state index in [0.29, 0.717) is 22.3 Å². The van der Waals surface area contributed by atoms with Crippen LogP contribution in [0.4, 0.5) is 4.39 Å². The molecule has 1 heterocycles. The van der Waals surface area contributed by atoms with Gasteiger partial charge in [-0.3, -0.25) is 9.59 Å². The number of amides is 1. The number of ketones is 1. The van der Waals surface area contributed by atoms with E-state index < -0.39 is 38.8 Å². The van der Waals surface area contributed by atoms with Crippen LogP contribution >= 0.6 is 27.5 Å².